The molecule has 4 rings (SSSR count). The summed E-state index contributed by atoms with van der Waals surface area (Å²) in [5, 5.41) is 11.4. The Labute approximate surface area is 160 Å². The van der Waals surface area contributed by atoms with Crippen LogP contribution < -0.4 is 0 Å². The molecular formula is C19H16FN3O4S. The van der Waals surface area contributed by atoms with Gasteiger partial charge in [-0.25, -0.2) is 12.8 Å². The fourth-order valence-electron chi connectivity index (χ4n) is 3.58. The Morgan fingerprint density at radius 3 is 2.46 bits per heavy atom. The number of aromatic nitrogens is 1. The van der Waals surface area contributed by atoms with Crippen molar-refractivity contribution in [2.24, 2.45) is 0 Å². The molecule has 0 fully saturated rings. The van der Waals surface area contributed by atoms with Gasteiger partial charge in [0.2, 0.25) is 0 Å². The highest BCUT2D eigenvalue weighted by molar-refractivity contribution is 7.89. The maximum Gasteiger partial charge on any atom is 0.289 e. The number of nitrogens with zero attached hydrogens (tertiary/aromatic N) is 3. The molecule has 0 spiro atoms. The van der Waals surface area contributed by atoms with E-state index in [0.29, 0.717) is 12.2 Å². The third-order valence-corrected chi connectivity index (χ3v) is 6.75. The second kappa shape index (κ2) is 6.84. The van der Waals surface area contributed by atoms with E-state index in [2.05, 4.69) is 0 Å². The largest absolute Gasteiger partial charge is 0.348 e. The van der Waals surface area contributed by atoms with Crippen molar-refractivity contribution in [1.29, 1.82) is 0 Å². The maximum atomic E-state index is 14.6. The summed E-state index contributed by atoms with van der Waals surface area (Å²) in [5.41, 5.74) is 0.304. The van der Waals surface area contributed by atoms with Crippen LogP contribution in [0.5, 0.6) is 0 Å². The van der Waals surface area contributed by atoms with Crippen molar-refractivity contribution < 1.29 is 17.7 Å². The normalized spacial score (nSPS) is 17.2. The summed E-state index contributed by atoms with van der Waals surface area (Å²) < 4.78 is 44.5. The molecule has 0 aliphatic carbocycles. The lowest BCUT2D eigenvalue weighted by atomic mass is 10.0. The number of sulfonamides is 1. The minimum Gasteiger partial charge on any atom is -0.348 e. The van der Waals surface area contributed by atoms with Crippen molar-refractivity contribution in [3.63, 3.8) is 0 Å². The fourth-order valence-corrected chi connectivity index (χ4v) is 5.32. The summed E-state index contributed by atoms with van der Waals surface area (Å²) >= 11 is 0. The molecule has 144 valence electrons. The molecule has 2 aromatic carbocycles. The standard InChI is InChI=1S/C19H16FN3O4S/c20-15-7-2-1-6-14(15)19-17-9-5-11-21(17)12-13-22(19)28(26,27)18-10-4-3-8-16(18)23(24)25/h1-11,19H,12-13H2. The predicted octanol–water partition coefficient (Wildman–Crippen LogP) is 3.33. The number of para-hydroxylation sites is 1. The number of halogens is 1. The topological polar surface area (TPSA) is 85.4 Å². The van der Waals surface area contributed by atoms with Crippen LogP contribution in [0, 0.1) is 15.9 Å². The Hall–Kier alpha value is -3.04. The van der Waals surface area contributed by atoms with Crippen LogP contribution in [-0.4, -0.2) is 28.8 Å². The highest BCUT2D eigenvalue weighted by Gasteiger charge is 2.41. The van der Waals surface area contributed by atoms with E-state index >= 15 is 0 Å². The number of fused-ring (bicyclic) bond motifs is 1. The summed E-state index contributed by atoms with van der Waals surface area (Å²) in [7, 11) is -4.26. The molecule has 0 saturated heterocycles. The van der Waals surface area contributed by atoms with Gasteiger partial charge in [0.15, 0.2) is 4.90 Å². The van der Waals surface area contributed by atoms with Crippen molar-refractivity contribution in [3.8, 4) is 0 Å². The number of nitro groups is 1. The van der Waals surface area contributed by atoms with Crippen molar-refractivity contribution in [1.82, 2.24) is 8.87 Å². The zero-order valence-corrected chi connectivity index (χ0v) is 15.4. The molecule has 1 aromatic heterocycles. The van der Waals surface area contributed by atoms with Crippen LogP contribution in [0.15, 0.2) is 71.8 Å². The van der Waals surface area contributed by atoms with Crippen LogP contribution >= 0.6 is 0 Å². The van der Waals surface area contributed by atoms with E-state index in [1.54, 1.807) is 24.4 Å². The van der Waals surface area contributed by atoms with Crippen LogP contribution in [-0.2, 0) is 16.6 Å². The Bertz CT molecular complexity index is 1160. The zero-order chi connectivity index (χ0) is 19.9. The first-order valence-electron chi connectivity index (χ1n) is 8.56. The Morgan fingerprint density at radius 2 is 1.71 bits per heavy atom. The van der Waals surface area contributed by atoms with Gasteiger partial charge in [0.1, 0.15) is 5.82 Å². The minimum atomic E-state index is -4.26. The van der Waals surface area contributed by atoms with E-state index in [1.807, 2.05) is 4.57 Å². The molecule has 0 radical (unpaired) electrons. The van der Waals surface area contributed by atoms with Gasteiger partial charge in [-0.3, -0.25) is 10.1 Å². The van der Waals surface area contributed by atoms with E-state index in [-0.39, 0.29) is 12.1 Å². The first-order chi connectivity index (χ1) is 13.4. The smallest absolute Gasteiger partial charge is 0.289 e. The Morgan fingerprint density at radius 1 is 1.00 bits per heavy atom. The van der Waals surface area contributed by atoms with Crippen molar-refractivity contribution >= 4 is 15.7 Å². The minimum absolute atomic E-state index is 0.0645. The summed E-state index contributed by atoms with van der Waals surface area (Å²) in [6.07, 6.45) is 1.80. The van der Waals surface area contributed by atoms with Gasteiger partial charge in [0, 0.05) is 36.6 Å². The molecule has 0 N–H and O–H groups in total. The molecule has 3 aromatic rings. The number of hydrogen-bond donors (Lipinski definition) is 0. The Balaban J connectivity index is 1.91. The SMILES string of the molecule is O=[N+]([O-])c1ccccc1S(=O)(=O)N1CCn2cccc2C1c1ccccc1F. The third kappa shape index (κ3) is 2.88. The summed E-state index contributed by atoms with van der Waals surface area (Å²) in [4.78, 5) is 10.2. The molecule has 9 heteroatoms. The van der Waals surface area contributed by atoms with Crippen LogP contribution in [0.2, 0.25) is 0 Å². The monoisotopic (exact) mass is 401 g/mol. The molecule has 0 saturated carbocycles. The number of benzene rings is 2. The van der Waals surface area contributed by atoms with Crippen LogP contribution in [0.3, 0.4) is 0 Å². The molecular weight excluding hydrogens is 385 g/mol. The van der Waals surface area contributed by atoms with Crippen molar-refractivity contribution in [2.75, 3.05) is 6.54 Å². The molecule has 1 aliphatic heterocycles. The van der Waals surface area contributed by atoms with Gasteiger partial charge in [-0.05, 0) is 24.3 Å². The number of hydrogen-bond acceptors (Lipinski definition) is 4. The zero-order valence-electron chi connectivity index (χ0n) is 14.6. The maximum absolute atomic E-state index is 14.6. The van der Waals surface area contributed by atoms with Gasteiger partial charge in [-0.15, -0.1) is 0 Å². The first kappa shape index (κ1) is 18.3. The average Bonchev–Trinajstić information content (AvgIpc) is 3.16. The van der Waals surface area contributed by atoms with E-state index in [1.165, 1.54) is 36.4 Å². The molecule has 1 unspecified atom stereocenters. The second-order valence-electron chi connectivity index (χ2n) is 6.39. The van der Waals surface area contributed by atoms with E-state index < -0.39 is 37.4 Å². The summed E-state index contributed by atoms with van der Waals surface area (Å²) in [5.74, 6) is -0.537. The van der Waals surface area contributed by atoms with Crippen LogP contribution in [0.1, 0.15) is 17.3 Å². The van der Waals surface area contributed by atoms with Gasteiger partial charge in [0.05, 0.1) is 11.0 Å². The van der Waals surface area contributed by atoms with Gasteiger partial charge < -0.3 is 4.57 Å². The molecule has 7 nitrogen and oxygen atoms in total. The third-order valence-electron chi connectivity index (χ3n) is 4.84. The predicted molar refractivity (Wildman–Crippen MR) is 99.7 cm³/mol. The van der Waals surface area contributed by atoms with Crippen molar-refractivity contribution in [2.45, 2.75) is 17.5 Å². The van der Waals surface area contributed by atoms with E-state index in [9.17, 15) is 22.9 Å². The molecule has 1 atom stereocenters. The number of rotatable bonds is 4. The fraction of sp³-hybridized carbons (Fsp3) is 0.158. The lowest BCUT2D eigenvalue weighted by molar-refractivity contribution is -0.387. The molecule has 0 bridgehead atoms. The molecule has 1 aliphatic rings. The highest BCUT2D eigenvalue weighted by Crippen LogP contribution is 2.39. The molecule has 28 heavy (non-hydrogen) atoms. The van der Waals surface area contributed by atoms with Gasteiger partial charge in [-0.2, -0.15) is 4.31 Å². The molecule has 0 amide bonds. The van der Waals surface area contributed by atoms with E-state index in [0.717, 1.165) is 10.4 Å². The van der Waals surface area contributed by atoms with Gasteiger partial charge in [0.25, 0.3) is 15.7 Å². The lowest BCUT2D eigenvalue weighted by Crippen LogP contribution is -2.42. The summed E-state index contributed by atoms with van der Waals surface area (Å²) in [6.45, 7) is 0.433. The van der Waals surface area contributed by atoms with Crippen molar-refractivity contribution in [3.05, 3.63) is 94.0 Å². The Kier molecular flexibility index (Phi) is 4.48. The molecule has 2 heterocycles. The lowest BCUT2D eigenvalue weighted by Gasteiger charge is -2.36. The average molecular weight is 401 g/mol. The van der Waals surface area contributed by atoms with Gasteiger partial charge in [-0.1, -0.05) is 30.3 Å². The first-order valence-corrected chi connectivity index (χ1v) is 10.00. The summed E-state index contributed by atoms with van der Waals surface area (Å²) in [6, 6.07) is 13.8. The van der Waals surface area contributed by atoms with Crippen LogP contribution in [0.4, 0.5) is 10.1 Å². The van der Waals surface area contributed by atoms with Crippen LogP contribution in [0.25, 0.3) is 0 Å². The number of nitro benzene ring substituents is 1. The van der Waals surface area contributed by atoms with Gasteiger partial charge >= 0.3 is 0 Å². The quantitative estimate of drug-likeness (QED) is 0.496. The van der Waals surface area contributed by atoms with E-state index in [4.69, 9.17) is 0 Å². The highest BCUT2D eigenvalue weighted by atomic mass is 32.2. The second-order valence-corrected chi connectivity index (χ2v) is 8.25.